The zero-order valence-corrected chi connectivity index (χ0v) is 7.65. The molecular weight excluding hydrogens is 194 g/mol. The maximum atomic E-state index is 10.9. The summed E-state index contributed by atoms with van der Waals surface area (Å²) < 4.78 is 5.27. The third-order valence-electron chi connectivity index (χ3n) is 1.93. The topological polar surface area (TPSA) is 88.1 Å². The van der Waals surface area contributed by atoms with Crippen molar-refractivity contribution in [3.63, 3.8) is 0 Å². The molecule has 1 amide bonds. The third kappa shape index (κ3) is 1.48. The van der Waals surface area contributed by atoms with Crippen LogP contribution >= 0.6 is 0 Å². The van der Waals surface area contributed by atoms with Gasteiger partial charge in [0.15, 0.2) is 11.3 Å². The summed E-state index contributed by atoms with van der Waals surface area (Å²) in [5.74, 6) is -0.152. The van der Waals surface area contributed by atoms with E-state index >= 15 is 0 Å². The summed E-state index contributed by atoms with van der Waals surface area (Å²) in [5, 5.41) is 11.5. The van der Waals surface area contributed by atoms with Crippen molar-refractivity contribution in [1.82, 2.24) is 0 Å². The number of fused-ring (bicyclic) bond motifs is 1. The van der Waals surface area contributed by atoms with Crippen LogP contribution in [0.15, 0.2) is 35.7 Å². The molecule has 1 aromatic carbocycles. The predicted octanol–water partition coefficient (Wildman–Crippen LogP) is 0.711. The quantitative estimate of drug-likeness (QED) is 0.517. The summed E-state index contributed by atoms with van der Waals surface area (Å²) in [5.41, 5.74) is 5.52. The number of nitriles is 1. The van der Waals surface area contributed by atoms with Gasteiger partial charge in [0.2, 0.25) is 5.88 Å². The summed E-state index contributed by atoms with van der Waals surface area (Å²) >= 11 is 0. The molecule has 0 spiro atoms. The van der Waals surface area contributed by atoms with Crippen molar-refractivity contribution in [3.05, 3.63) is 35.7 Å². The van der Waals surface area contributed by atoms with Gasteiger partial charge < -0.3 is 15.8 Å². The minimum absolute atomic E-state index is 0.0891. The smallest absolute Gasteiger partial charge is 0.264 e. The fourth-order valence-electron chi connectivity index (χ4n) is 1.25. The molecule has 0 fully saturated rings. The number of nitrogens with zero attached hydrogens (tertiary/aromatic N) is 1. The molecule has 0 atom stereocenters. The lowest BCUT2D eigenvalue weighted by molar-refractivity contribution is -0.114. The van der Waals surface area contributed by atoms with Crippen molar-refractivity contribution in [2.75, 3.05) is 5.32 Å². The van der Waals surface area contributed by atoms with E-state index in [1.807, 2.05) is 6.07 Å². The molecule has 3 N–H and O–H groups in total. The molecule has 1 aliphatic heterocycles. The molecular formula is C10H7N3O2. The normalized spacial score (nSPS) is 15.7. The van der Waals surface area contributed by atoms with Crippen molar-refractivity contribution < 1.29 is 9.53 Å². The first kappa shape index (κ1) is 9.09. The Bertz CT molecular complexity index is 473. The average Bonchev–Trinajstić information content (AvgIpc) is 2.61. The maximum absolute atomic E-state index is 10.9. The number of para-hydroxylation sites is 2. The van der Waals surface area contributed by atoms with Crippen LogP contribution in [0.5, 0.6) is 5.75 Å². The molecule has 0 saturated heterocycles. The molecule has 5 nitrogen and oxygen atoms in total. The number of hydrogen-bond acceptors (Lipinski definition) is 4. The number of anilines is 1. The number of nitrogens with two attached hydrogens (primary N) is 1. The standard InChI is InChI=1S/C10H7N3O2/c11-5-6(9(12)14)10-13-7-3-1-2-4-8(7)15-10/h1-4,13H,(H2,12,14)/b10-6+. The van der Waals surface area contributed by atoms with Crippen LogP contribution in [0.4, 0.5) is 5.69 Å². The van der Waals surface area contributed by atoms with E-state index in [1.54, 1.807) is 24.3 Å². The third-order valence-corrected chi connectivity index (χ3v) is 1.93. The van der Waals surface area contributed by atoms with Gasteiger partial charge in [0.05, 0.1) is 5.69 Å². The first-order valence-electron chi connectivity index (χ1n) is 4.20. The van der Waals surface area contributed by atoms with E-state index < -0.39 is 5.91 Å². The van der Waals surface area contributed by atoms with Gasteiger partial charge in [0.25, 0.3) is 5.91 Å². The lowest BCUT2D eigenvalue weighted by Crippen LogP contribution is -2.17. The number of nitrogens with one attached hydrogen (secondary N) is 1. The van der Waals surface area contributed by atoms with E-state index in [4.69, 9.17) is 15.7 Å². The highest BCUT2D eigenvalue weighted by atomic mass is 16.5. The van der Waals surface area contributed by atoms with Gasteiger partial charge in [-0.3, -0.25) is 4.79 Å². The Kier molecular flexibility index (Phi) is 2.03. The highest BCUT2D eigenvalue weighted by molar-refractivity contribution is 5.97. The number of benzene rings is 1. The number of primary amides is 1. The molecule has 0 unspecified atom stereocenters. The van der Waals surface area contributed by atoms with Crippen molar-refractivity contribution >= 4 is 11.6 Å². The summed E-state index contributed by atoms with van der Waals surface area (Å²) in [6.07, 6.45) is 0. The number of ether oxygens (including phenoxy) is 1. The van der Waals surface area contributed by atoms with E-state index in [1.165, 1.54) is 0 Å². The van der Waals surface area contributed by atoms with Crippen LogP contribution in [0, 0.1) is 11.3 Å². The molecule has 0 aliphatic carbocycles. The lowest BCUT2D eigenvalue weighted by Gasteiger charge is -1.99. The number of hydrogen-bond donors (Lipinski definition) is 2. The first-order valence-corrected chi connectivity index (χ1v) is 4.20. The van der Waals surface area contributed by atoms with Crippen LogP contribution in [0.2, 0.25) is 0 Å². The molecule has 1 aromatic rings. The van der Waals surface area contributed by atoms with E-state index in [0.29, 0.717) is 11.4 Å². The minimum atomic E-state index is -0.812. The monoisotopic (exact) mass is 201 g/mol. The van der Waals surface area contributed by atoms with E-state index in [-0.39, 0.29) is 11.5 Å². The van der Waals surface area contributed by atoms with Crippen LogP contribution in [0.1, 0.15) is 0 Å². The van der Waals surface area contributed by atoms with Crippen LogP contribution in [0.3, 0.4) is 0 Å². The zero-order chi connectivity index (χ0) is 10.8. The Morgan fingerprint density at radius 1 is 1.47 bits per heavy atom. The number of rotatable bonds is 1. The lowest BCUT2D eigenvalue weighted by atomic mass is 10.3. The largest absolute Gasteiger partial charge is 0.437 e. The Hall–Kier alpha value is -2.48. The summed E-state index contributed by atoms with van der Waals surface area (Å²) in [7, 11) is 0. The van der Waals surface area contributed by atoms with Crippen molar-refractivity contribution in [1.29, 1.82) is 5.26 Å². The van der Waals surface area contributed by atoms with Gasteiger partial charge in [0, 0.05) is 0 Å². The van der Waals surface area contributed by atoms with Crippen molar-refractivity contribution in [3.8, 4) is 11.8 Å². The minimum Gasteiger partial charge on any atom is -0.437 e. The number of carbonyl (C=O) groups is 1. The Balaban J connectivity index is 2.42. The number of amides is 1. The van der Waals surface area contributed by atoms with Gasteiger partial charge in [-0.05, 0) is 12.1 Å². The van der Waals surface area contributed by atoms with Crippen LogP contribution in [-0.4, -0.2) is 5.91 Å². The second-order valence-corrected chi connectivity index (χ2v) is 2.90. The summed E-state index contributed by atoms with van der Waals surface area (Å²) in [6, 6.07) is 8.80. The Morgan fingerprint density at radius 3 is 2.80 bits per heavy atom. The average molecular weight is 201 g/mol. The van der Waals surface area contributed by atoms with E-state index in [2.05, 4.69) is 5.32 Å². The van der Waals surface area contributed by atoms with Gasteiger partial charge in [-0.15, -0.1) is 0 Å². The van der Waals surface area contributed by atoms with Crippen LogP contribution in [-0.2, 0) is 4.79 Å². The zero-order valence-electron chi connectivity index (χ0n) is 7.65. The molecule has 1 aliphatic rings. The van der Waals surface area contributed by atoms with Gasteiger partial charge in [-0.25, -0.2) is 0 Å². The molecule has 5 heteroatoms. The maximum Gasteiger partial charge on any atom is 0.264 e. The molecule has 74 valence electrons. The van der Waals surface area contributed by atoms with Crippen LogP contribution in [0.25, 0.3) is 0 Å². The highest BCUT2D eigenvalue weighted by Gasteiger charge is 2.22. The SMILES string of the molecule is N#C/C(C(N)=O)=C1/Nc2ccccc2O1. The Labute approximate surface area is 85.8 Å². The fourth-order valence-corrected chi connectivity index (χ4v) is 1.25. The second-order valence-electron chi connectivity index (χ2n) is 2.90. The predicted molar refractivity (Wildman–Crippen MR) is 52.5 cm³/mol. The summed E-state index contributed by atoms with van der Waals surface area (Å²) in [6.45, 7) is 0. The van der Waals surface area contributed by atoms with Crippen molar-refractivity contribution in [2.24, 2.45) is 5.73 Å². The Morgan fingerprint density at radius 2 is 2.20 bits per heavy atom. The van der Waals surface area contributed by atoms with Gasteiger partial charge in [0.1, 0.15) is 6.07 Å². The molecule has 0 aromatic heterocycles. The molecule has 0 radical (unpaired) electrons. The van der Waals surface area contributed by atoms with Crippen LogP contribution < -0.4 is 15.8 Å². The molecule has 0 saturated carbocycles. The first-order chi connectivity index (χ1) is 7.22. The van der Waals surface area contributed by atoms with E-state index in [0.717, 1.165) is 0 Å². The van der Waals surface area contributed by atoms with Gasteiger partial charge >= 0.3 is 0 Å². The van der Waals surface area contributed by atoms with Crippen molar-refractivity contribution in [2.45, 2.75) is 0 Å². The molecule has 1 heterocycles. The molecule has 15 heavy (non-hydrogen) atoms. The second kappa shape index (κ2) is 3.35. The number of carbonyl (C=O) groups excluding carboxylic acids is 1. The van der Waals surface area contributed by atoms with Gasteiger partial charge in [-0.1, -0.05) is 12.1 Å². The molecule has 2 rings (SSSR count). The fraction of sp³-hybridized carbons (Fsp3) is 0. The highest BCUT2D eigenvalue weighted by Crippen LogP contribution is 2.33. The van der Waals surface area contributed by atoms with E-state index in [9.17, 15) is 4.79 Å². The summed E-state index contributed by atoms with van der Waals surface area (Å²) in [4.78, 5) is 10.9. The van der Waals surface area contributed by atoms with Gasteiger partial charge in [-0.2, -0.15) is 5.26 Å². The molecule has 0 bridgehead atoms.